The fourth-order valence-electron chi connectivity index (χ4n) is 3.83. The summed E-state index contributed by atoms with van der Waals surface area (Å²) in [6, 6.07) is 5.51. The number of amides is 1. The van der Waals surface area contributed by atoms with Crippen LogP contribution in [0.3, 0.4) is 0 Å². The van der Waals surface area contributed by atoms with Crippen LogP contribution >= 0.6 is 0 Å². The number of nitrogens with zero attached hydrogens (tertiary/aromatic N) is 3. The van der Waals surface area contributed by atoms with Crippen molar-refractivity contribution in [2.45, 2.75) is 44.9 Å². The standard InChI is InChI=1S/C21H24F3N5O2/c1-11-19-15(29(3)12(2)20(30)28-19)9-17(25-11)26-14-7-13(8-14)10-31-18-6-4-5-16(27-18)21(22,23)24/h4-6,9,12-14H,7-8,10H2,1-3H3,(H,25,26)(H,28,30)/t12-,13?,14?/m0/s1. The molecule has 0 radical (unpaired) electrons. The van der Waals surface area contributed by atoms with Crippen LogP contribution in [0.1, 0.15) is 31.2 Å². The Bertz CT molecular complexity index is 991. The van der Waals surface area contributed by atoms with Gasteiger partial charge in [-0.1, -0.05) is 6.07 Å². The minimum Gasteiger partial charge on any atom is -0.477 e. The van der Waals surface area contributed by atoms with Crippen LogP contribution in [0.15, 0.2) is 24.3 Å². The predicted molar refractivity (Wildman–Crippen MR) is 110 cm³/mol. The summed E-state index contributed by atoms with van der Waals surface area (Å²) < 4.78 is 43.7. The minimum absolute atomic E-state index is 0.0163. The monoisotopic (exact) mass is 435 g/mol. The van der Waals surface area contributed by atoms with Gasteiger partial charge in [0.05, 0.1) is 23.7 Å². The molecule has 2 aliphatic rings. The zero-order valence-electron chi connectivity index (χ0n) is 17.5. The molecule has 2 N–H and O–H groups in total. The molecule has 0 aromatic carbocycles. The highest BCUT2D eigenvalue weighted by Crippen LogP contribution is 2.37. The van der Waals surface area contributed by atoms with Crippen molar-refractivity contribution in [1.82, 2.24) is 9.97 Å². The van der Waals surface area contributed by atoms with Crippen LogP contribution in [-0.4, -0.2) is 41.6 Å². The van der Waals surface area contributed by atoms with Gasteiger partial charge >= 0.3 is 6.18 Å². The van der Waals surface area contributed by atoms with Gasteiger partial charge < -0.3 is 20.3 Å². The van der Waals surface area contributed by atoms with Crippen molar-refractivity contribution < 1.29 is 22.7 Å². The van der Waals surface area contributed by atoms with E-state index in [1.165, 1.54) is 12.1 Å². The van der Waals surface area contributed by atoms with Crippen molar-refractivity contribution in [2.24, 2.45) is 5.92 Å². The Balaban J connectivity index is 1.32. The summed E-state index contributed by atoms with van der Waals surface area (Å²) >= 11 is 0. The number of hydrogen-bond donors (Lipinski definition) is 2. The number of carbonyl (C=O) groups excluding carboxylic acids is 1. The number of nitrogens with one attached hydrogen (secondary N) is 2. The van der Waals surface area contributed by atoms with Crippen molar-refractivity contribution in [3.05, 3.63) is 35.7 Å². The zero-order chi connectivity index (χ0) is 22.3. The van der Waals surface area contributed by atoms with Crippen LogP contribution in [-0.2, 0) is 11.0 Å². The lowest BCUT2D eigenvalue weighted by Gasteiger charge is -2.37. The van der Waals surface area contributed by atoms with E-state index in [9.17, 15) is 18.0 Å². The summed E-state index contributed by atoms with van der Waals surface area (Å²) in [7, 11) is 1.88. The molecule has 2 aromatic rings. The topological polar surface area (TPSA) is 79.4 Å². The van der Waals surface area contributed by atoms with Crippen molar-refractivity contribution in [1.29, 1.82) is 0 Å². The van der Waals surface area contributed by atoms with Crippen LogP contribution in [0.2, 0.25) is 0 Å². The second kappa shape index (κ2) is 7.90. The summed E-state index contributed by atoms with van der Waals surface area (Å²) in [6.07, 6.45) is -2.85. The molecule has 10 heteroatoms. The second-order valence-corrected chi connectivity index (χ2v) is 8.11. The molecule has 3 heterocycles. The van der Waals surface area contributed by atoms with E-state index in [4.69, 9.17) is 4.74 Å². The molecule has 7 nitrogen and oxygen atoms in total. The van der Waals surface area contributed by atoms with E-state index in [0.29, 0.717) is 6.61 Å². The summed E-state index contributed by atoms with van der Waals surface area (Å²) in [5, 5.41) is 6.31. The number of anilines is 3. The molecule has 166 valence electrons. The number of fused-ring (bicyclic) bond motifs is 1. The third-order valence-corrected chi connectivity index (χ3v) is 5.84. The van der Waals surface area contributed by atoms with Crippen molar-refractivity contribution in [2.75, 3.05) is 29.2 Å². The maximum atomic E-state index is 12.7. The Kier molecular flexibility index (Phi) is 5.40. The summed E-state index contributed by atoms with van der Waals surface area (Å²) in [4.78, 5) is 22.0. The van der Waals surface area contributed by atoms with Crippen LogP contribution in [0, 0.1) is 12.8 Å². The lowest BCUT2D eigenvalue weighted by molar-refractivity contribution is -0.141. The molecule has 1 aliphatic carbocycles. The van der Waals surface area contributed by atoms with E-state index >= 15 is 0 Å². The summed E-state index contributed by atoms with van der Waals surface area (Å²) in [6.45, 7) is 4.01. The Morgan fingerprint density at radius 1 is 1.29 bits per heavy atom. The number of halogens is 3. The number of hydrogen-bond acceptors (Lipinski definition) is 6. The van der Waals surface area contributed by atoms with Crippen LogP contribution in [0.4, 0.5) is 30.4 Å². The van der Waals surface area contributed by atoms with Gasteiger partial charge in [-0.15, -0.1) is 0 Å². The molecule has 2 aromatic heterocycles. The van der Waals surface area contributed by atoms with E-state index in [-0.39, 0.29) is 29.8 Å². The SMILES string of the molecule is Cc1nc(NC2CC(COc3cccc(C(F)(F)F)n3)C2)cc2c1NC(=O)[C@H](C)N2C. The van der Waals surface area contributed by atoms with E-state index in [0.717, 1.165) is 41.8 Å². The molecule has 1 aliphatic heterocycles. The molecular formula is C21H24F3N5O2. The van der Waals surface area contributed by atoms with Crippen LogP contribution < -0.4 is 20.3 Å². The van der Waals surface area contributed by atoms with Gasteiger partial charge in [-0.25, -0.2) is 9.97 Å². The van der Waals surface area contributed by atoms with Gasteiger partial charge in [0, 0.05) is 25.2 Å². The van der Waals surface area contributed by atoms with Gasteiger partial charge in [-0.05, 0) is 38.7 Å². The summed E-state index contributed by atoms with van der Waals surface area (Å²) in [5.41, 5.74) is 1.42. The first-order valence-electron chi connectivity index (χ1n) is 10.1. The molecule has 0 bridgehead atoms. The Morgan fingerprint density at radius 3 is 2.74 bits per heavy atom. The second-order valence-electron chi connectivity index (χ2n) is 8.11. The van der Waals surface area contributed by atoms with Gasteiger partial charge in [0.1, 0.15) is 17.6 Å². The predicted octanol–water partition coefficient (Wildman–Crippen LogP) is 3.85. The molecule has 0 saturated heterocycles. The smallest absolute Gasteiger partial charge is 0.433 e. The molecule has 0 unspecified atom stereocenters. The highest BCUT2D eigenvalue weighted by Gasteiger charge is 2.34. The van der Waals surface area contributed by atoms with Crippen molar-refractivity contribution in [3.63, 3.8) is 0 Å². The normalized spacial score (nSPS) is 23.0. The average Bonchev–Trinajstić information content (AvgIpc) is 2.68. The van der Waals surface area contributed by atoms with Gasteiger partial charge in [0.25, 0.3) is 0 Å². The number of aromatic nitrogens is 2. The molecule has 1 amide bonds. The number of alkyl halides is 3. The molecule has 1 fully saturated rings. The first kappa shape index (κ1) is 21.2. The van der Waals surface area contributed by atoms with E-state index in [1.807, 2.05) is 31.9 Å². The number of likely N-dealkylation sites (N-methyl/N-ethyl adjacent to an activating group) is 1. The lowest BCUT2D eigenvalue weighted by Crippen LogP contribution is -2.44. The van der Waals surface area contributed by atoms with E-state index in [2.05, 4.69) is 20.6 Å². The molecule has 1 saturated carbocycles. The molecule has 4 rings (SSSR count). The highest BCUT2D eigenvalue weighted by atomic mass is 19.4. The van der Waals surface area contributed by atoms with Crippen molar-refractivity contribution in [3.8, 4) is 5.88 Å². The maximum absolute atomic E-state index is 12.7. The quantitative estimate of drug-likeness (QED) is 0.743. The Hall–Kier alpha value is -3.04. The van der Waals surface area contributed by atoms with Crippen LogP contribution in [0.25, 0.3) is 0 Å². The first-order valence-corrected chi connectivity index (χ1v) is 10.1. The number of carbonyl (C=O) groups is 1. The molecule has 1 atom stereocenters. The molecule has 0 spiro atoms. The van der Waals surface area contributed by atoms with E-state index in [1.54, 1.807) is 0 Å². The van der Waals surface area contributed by atoms with Gasteiger partial charge in [-0.3, -0.25) is 4.79 Å². The van der Waals surface area contributed by atoms with Gasteiger partial charge in [0.2, 0.25) is 11.8 Å². The van der Waals surface area contributed by atoms with Gasteiger partial charge in [0.15, 0.2) is 0 Å². The molecule has 31 heavy (non-hydrogen) atoms. The average molecular weight is 435 g/mol. The van der Waals surface area contributed by atoms with E-state index < -0.39 is 11.9 Å². The third kappa shape index (κ3) is 4.38. The number of aryl methyl sites for hydroxylation is 1. The fraction of sp³-hybridized carbons (Fsp3) is 0.476. The number of pyridine rings is 2. The Labute approximate surface area is 178 Å². The van der Waals surface area contributed by atoms with Gasteiger partial charge in [-0.2, -0.15) is 13.2 Å². The summed E-state index contributed by atoms with van der Waals surface area (Å²) in [5.74, 6) is 0.889. The Morgan fingerprint density at radius 2 is 2.03 bits per heavy atom. The zero-order valence-corrected chi connectivity index (χ0v) is 17.5. The minimum atomic E-state index is -4.49. The maximum Gasteiger partial charge on any atom is 0.433 e. The lowest BCUT2D eigenvalue weighted by atomic mass is 9.81. The number of ether oxygens (including phenoxy) is 1. The van der Waals surface area contributed by atoms with Crippen molar-refractivity contribution >= 4 is 23.1 Å². The number of rotatable bonds is 5. The third-order valence-electron chi connectivity index (χ3n) is 5.84. The molecular weight excluding hydrogens is 411 g/mol. The van der Waals surface area contributed by atoms with Crippen LogP contribution in [0.5, 0.6) is 5.88 Å². The first-order chi connectivity index (χ1) is 14.6. The largest absolute Gasteiger partial charge is 0.477 e. The highest BCUT2D eigenvalue weighted by molar-refractivity contribution is 6.04. The fourth-order valence-corrected chi connectivity index (χ4v) is 3.83.